The van der Waals surface area contributed by atoms with Crippen molar-refractivity contribution in [2.45, 2.75) is 45.6 Å². The van der Waals surface area contributed by atoms with Gasteiger partial charge in [0.15, 0.2) is 0 Å². The van der Waals surface area contributed by atoms with Crippen molar-refractivity contribution in [1.82, 2.24) is 9.88 Å². The number of amides is 1. The maximum Gasteiger partial charge on any atom is 0.272 e. The highest BCUT2D eigenvalue weighted by molar-refractivity contribution is 6.08. The Bertz CT molecular complexity index is 765. The average Bonchev–Trinajstić information content (AvgIpc) is 2.91. The maximum atomic E-state index is 13.0. The van der Waals surface area contributed by atoms with Crippen LogP contribution in [-0.4, -0.2) is 46.6 Å². The molecule has 25 heavy (non-hydrogen) atoms. The lowest BCUT2D eigenvalue weighted by molar-refractivity contribution is 0.0357. The van der Waals surface area contributed by atoms with Gasteiger partial charge in [-0.1, -0.05) is 11.6 Å². The van der Waals surface area contributed by atoms with Crippen LogP contribution in [0.4, 0.5) is 5.69 Å². The molecule has 2 heterocycles. The van der Waals surface area contributed by atoms with Crippen LogP contribution in [0.25, 0.3) is 10.9 Å². The summed E-state index contributed by atoms with van der Waals surface area (Å²) in [7, 11) is 1.86. The first-order valence-electron chi connectivity index (χ1n) is 9.10. The Kier molecular flexibility index (Phi) is 4.78. The Morgan fingerprint density at radius 1 is 1.36 bits per heavy atom. The molecule has 3 rings (SSSR count). The van der Waals surface area contributed by atoms with Crippen LogP contribution in [0.1, 0.15) is 49.2 Å². The van der Waals surface area contributed by atoms with Crippen molar-refractivity contribution in [1.29, 1.82) is 0 Å². The zero-order valence-electron chi connectivity index (χ0n) is 15.6. The van der Waals surface area contributed by atoms with Gasteiger partial charge in [0.2, 0.25) is 0 Å². The highest BCUT2D eigenvalue weighted by atomic mass is 16.3. The van der Waals surface area contributed by atoms with Crippen LogP contribution in [-0.2, 0) is 0 Å². The van der Waals surface area contributed by atoms with Gasteiger partial charge in [0.1, 0.15) is 5.69 Å². The number of piperidine rings is 1. The molecule has 1 fully saturated rings. The minimum absolute atomic E-state index is 0.0555. The number of nitrogens with one attached hydrogen (secondary N) is 2. The summed E-state index contributed by atoms with van der Waals surface area (Å²) in [6.07, 6.45) is 2.69. The number of nitrogens with zero attached hydrogens (tertiary/aromatic N) is 1. The average molecular weight is 343 g/mol. The zero-order valence-corrected chi connectivity index (χ0v) is 15.6. The first-order chi connectivity index (χ1) is 11.8. The first kappa shape index (κ1) is 17.8. The number of aliphatic hydroxyl groups is 1. The van der Waals surface area contributed by atoms with E-state index in [0.29, 0.717) is 11.6 Å². The number of carbonyl (C=O) groups excluding carboxylic acids is 1. The van der Waals surface area contributed by atoms with E-state index in [1.165, 1.54) is 5.56 Å². The third-order valence-corrected chi connectivity index (χ3v) is 5.11. The predicted molar refractivity (Wildman–Crippen MR) is 102 cm³/mol. The standard InChI is InChI=1S/C20H29N3O2/c1-13-5-6-16-15(11-13)17(21-4)18(22-16)19(24)23-9-7-14(8-10-23)12-20(2,3)25/h5-6,11,14,21-22,25H,7-10,12H2,1-4H3. The molecule has 0 aliphatic carbocycles. The number of anilines is 1. The minimum atomic E-state index is -0.634. The van der Waals surface area contributed by atoms with E-state index in [0.717, 1.165) is 48.9 Å². The van der Waals surface area contributed by atoms with Crippen LogP contribution >= 0.6 is 0 Å². The number of hydrogen-bond donors (Lipinski definition) is 3. The Labute approximate surface area is 149 Å². The monoisotopic (exact) mass is 343 g/mol. The molecular formula is C20H29N3O2. The van der Waals surface area contributed by atoms with Crippen molar-refractivity contribution in [3.05, 3.63) is 29.5 Å². The number of rotatable bonds is 4. The highest BCUT2D eigenvalue weighted by Gasteiger charge is 2.29. The summed E-state index contributed by atoms with van der Waals surface area (Å²) in [6.45, 7) is 7.27. The number of likely N-dealkylation sites (tertiary alicyclic amines) is 1. The predicted octanol–water partition coefficient (Wildman–Crippen LogP) is 3.53. The molecule has 5 heteroatoms. The molecule has 0 saturated carbocycles. The highest BCUT2D eigenvalue weighted by Crippen LogP contribution is 2.31. The molecule has 3 N–H and O–H groups in total. The van der Waals surface area contributed by atoms with E-state index in [9.17, 15) is 9.90 Å². The second-order valence-corrected chi connectivity index (χ2v) is 7.93. The molecule has 1 amide bonds. The van der Waals surface area contributed by atoms with Crippen LogP contribution in [0.2, 0.25) is 0 Å². The third kappa shape index (κ3) is 3.82. The number of aryl methyl sites for hydroxylation is 1. The normalized spacial score (nSPS) is 16.4. The fourth-order valence-electron chi connectivity index (χ4n) is 3.93. The Morgan fingerprint density at radius 3 is 2.64 bits per heavy atom. The van der Waals surface area contributed by atoms with Gasteiger partial charge in [0.25, 0.3) is 5.91 Å². The number of carbonyl (C=O) groups is 1. The van der Waals surface area contributed by atoms with Gasteiger partial charge in [-0.2, -0.15) is 0 Å². The van der Waals surface area contributed by atoms with E-state index in [2.05, 4.69) is 29.4 Å². The van der Waals surface area contributed by atoms with Crippen molar-refractivity contribution in [3.8, 4) is 0 Å². The third-order valence-electron chi connectivity index (χ3n) is 5.11. The minimum Gasteiger partial charge on any atom is -0.390 e. The molecule has 0 radical (unpaired) electrons. The van der Waals surface area contributed by atoms with Crippen molar-refractivity contribution >= 4 is 22.5 Å². The molecule has 1 aliphatic rings. The van der Waals surface area contributed by atoms with Crippen LogP contribution in [0.5, 0.6) is 0 Å². The lowest BCUT2D eigenvalue weighted by Crippen LogP contribution is -2.40. The van der Waals surface area contributed by atoms with Crippen molar-refractivity contribution in [2.75, 3.05) is 25.5 Å². The number of aromatic nitrogens is 1. The second-order valence-electron chi connectivity index (χ2n) is 7.93. The fraction of sp³-hybridized carbons (Fsp3) is 0.550. The van der Waals surface area contributed by atoms with Crippen molar-refractivity contribution in [3.63, 3.8) is 0 Å². The van der Waals surface area contributed by atoms with Gasteiger partial charge in [-0.25, -0.2) is 0 Å². The summed E-state index contributed by atoms with van der Waals surface area (Å²) >= 11 is 0. The fourth-order valence-corrected chi connectivity index (χ4v) is 3.93. The van der Waals surface area contributed by atoms with Gasteiger partial charge in [-0.15, -0.1) is 0 Å². The number of benzene rings is 1. The van der Waals surface area contributed by atoms with Gasteiger partial charge in [0, 0.05) is 31.0 Å². The maximum absolute atomic E-state index is 13.0. The van der Waals surface area contributed by atoms with Gasteiger partial charge in [-0.3, -0.25) is 4.79 Å². The summed E-state index contributed by atoms with van der Waals surface area (Å²) in [5.41, 5.74) is 3.04. The van der Waals surface area contributed by atoms with Crippen molar-refractivity contribution < 1.29 is 9.90 Å². The van der Waals surface area contributed by atoms with E-state index in [1.807, 2.05) is 31.9 Å². The van der Waals surface area contributed by atoms with Crippen LogP contribution in [0.3, 0.4) is 0 Å². The Morgan fingerprint density at radius 2 is 2.04 bits per heavy atom. The second kappa shape index (κ2) is 6.71. The van der Waals surface area contributed by atoms with E-state index < -0.39 is 5.60 Å². The topological polar surface area (TPSA) is 68.4 Å². The molecule has 0 spiro atoms. The lowest BCUT2D eigenvalue weighted by Gasteiger charge is -2.34. The van der Waals surface area contributed by atoms with E-state index in [4.69, 9.17) is 0 Å². The molecule has 0 bridgehead atoms. The largest absolute Gasteiger partial charge is 0.390 e. The number of aromatic amines is 1. The molecule has 136 valence electrons. The molecule has 5 nitrogen and oxygen atoms in total. The lowest BCUT2D eigenvalue weighted by atomic mass is 9.86. The number of hydrogen-bond acceptors (Lipinski definition) is 3. The zero-order chi connectivity index (χ0) is 18.2. The van der Waals surface area contributed by atoms with E-state index >= 15 is 0 Å². The van der Waals surface area contributed by atoms with Crippen LogP contribution in [0, 0.1) is 12.8 Å². The Balaban J connectivity index is 1.77. The summed E-state index contributed by atoms with van der Waals surface area (Å²) < 4.78 is 0. The molecule has 0 unspecified atom stereocenters. The summed E-state index contributed by atoms with van der Waals surface area (Å²) in [4.78, 5) is 18.3. The first-order valence-corrected chi connectivity index (χ1v) is 9.10. The summed E-state index contributed by atoms with van der Waals surface area (Å²) in [6, 6.07) is 6.18. The smallest absolute Gasteiger partial charge is 0.272 e. The van der Waals surface area contributed by atoms with E-state index in [1.54, 1.807) is 0 Å². The van der Waals surface area contributed by atoms with Crippen molar-refractivity contribution in [2.24, 2.45) is 5.92 Å². The molecule has 1 saturated heterocycles. The quantitative estimate of drug-likeness (QED) is 0.795. The van der Waals surface area contributed by atoms with Crippen LogP contribution in [0.15, 0.2) is 18.2 Å². The van der Waals surface area contributed by atoms with Gasteiger partial charge >= 0.3 is 0 Å². The molecule has 1 aromatic heterocycles. The molecule has 1 aromatic carbocycles. The van der Waals surface area contributed by atoms with Gasteiger partial charge < -0.3 is 20.3 Å². The molecule has 1 aliphatic heterocycles. The van der Waals surface area contributed by atoms with Crippen LogP contribution < -0.4 is 5.32 Å². The molecule has 2 aromatic rings. The molecular weight excluding hydrogens is 314 g/mol. The Hall–Kier alpha value is -2.01. The van der Waals surface area contributed by atoms with Gasteiger partial charge in [-0.05, 0) is 58.1 Å². The number of fused-ring (bicyclic) bond motifs is 1. The van der Waals surface area contributed by atoms with Gasteiger partial charge in [0.05, 0.1) is 11.3 Å². The molecule has 0 atom stereocenters. The van der Waals surface area contributed by atoms with E-state index in [-0.39, 0.29) is 5.91 Å². The summed E-state index contributed by atoms with van der Waals surface area (Å²) in [5.74, 6) is 0.540. The number of H-pyrrole nitrogens is 1. The summed E-state index contributed by atoms with van der Waals surface area (Å²) in [5, 5.41) is 14.3. The SMILES string of the molecule is CNc1c(C(=O)N2CCC(CC(C)(C)O)CC2)[nH]c2ccc(C)cc12.